The molecule has 1 aliphatic rings. The van der Waals surface area contributed by atoms with Gasteiger partial charge in [-0.2, -0.15) is 0 Å². The van der Waals surface area contributed by atoms with E-state index in [1.807, 2.05) is 60.7 Å². The molecule has 0 aliphatic carbocycles. The van der Waals surface area contributed by atoms with E-state index in [1.165, 1.54) is 0 Å². The van der Waals surface area contributed by atoms with Crippen molar-refractivity contribution >= 4 is 17.5 Å². The molecule has 1 heterocycles. The first kappa shape index (κ1) is 17.0. The second-order valence-corrected chi connectivity index (χ2v) is 6.11. The fourth-order valence-electron chi connectivity index (χ4n) is 2.91. The molecule has 0 aromatic heterocycles. The highest BCUT2D eigenvalue weighted by molar-refractivity contribution is 5.92. The Morgan fingerprint density at radius 1 is 0.960 bits per heavy atom. The van der Waals surface area contributed by atoms with Gasteiger partial charge in [-0.25, -0.2) is 0 Å². The smallest absolute Gasteiger partial charge is 0.260 e. The predicted molar refractivity (Wildman–Crippen MR) is 96.3 cm³/mol. The maximum Gasteiger partial charge on any atom is 0.260 e. The zero-order valence-corrected chi connectivity index (χ0v) is 14.1. The molecule has 2 amide bonds. The largest absolute Gasteiger partial charge is 0.484 e. The number of hydrogen-bond donors (Lipinski definition) is 1. The third-order valence-electron chi connectivity index (χ3n) is 4.37. The third kappa shape index (κ3) is 4.83. The Bertz CT molecular complexity index is 695. The minimum Gasteiger partial charge on any atom is -0.484 e. The minimum absolute atomic E-state index is 0.0267. The summed E-state index contributed by atoms with van der Waals surface area (Å²) in [4.78, 5) is 26.3. The highest BCUT2D eigenvalue weighted by Crippen LogP contribution is 2.20. The number of piperidine rings is 1. The van der Waals surface area contributed by atoms with Gasteiger partial charge in [0.25, 0.3) is 5.91 Å². The lowest BCUT2D eigenvalue weighted by atomic mass is 9.95. The van der Waals surface area contributed by atoms with Crippen molar-refractivity contribution < 1.29 is 14.3 Å². The first-order valence-corrected chi connectivity index (χ1v) is 8.54. The van der Waals surface area contributed by atoms with E-state index in [0.717, 1.165) is 5.69 Å². The van der Waals surface area contributed by atoms with E-state index in [-0.39, 0.29) is 24.3 Å². The van der Waals surface area contributed by atoms with Crippen LogP contribution >= 0.6 is 0 Å². The second kappa shape index (κ2) is 8.33. The Hall–Kier alpha value is -2.82. The fourth-order valence-corrected chi connectivity index (χ4v) is 2.91. The van der Waals surface area contributed by atoms with Crippen molar-refractivity contribution in [1.82, 2.24) is 4.90 Å². The topological polar surface area (TPSA) is 58.6 Å². The van der Waals surface area contributed by atoms with E-state index >= 15 is 0 Å². The van der Waals surface area contributed by atoms with Gasteiger partial charge in [0.15, 0.2) is 6.61 Å². The van der Waals surface area contributed by atoms with Crippen molar-refractivity contribution in [3.63, 3.8) is 0 Å². The number of nitrogens with zero attached hydrogens (tertiary/aromatic N) is 1. The predicted octanol–water partition coefficient (Wildman–Crippen LogP) is 2.94. The van der Waals surface area contributed by atoms with Crippen LogP contribution in [0.1, 0.15) is 12.8 Å². The van der Waals surface area contributed by atoms with Crippen molar-refractivity contribution in [2.45, 2.75) is 12.8 Å². The van der Waals surface area contributed by atoms with Crippen LogP contribution in [-0.2, 0) is 9.59 Å². The molecule has 5 nitrogen and oxygen atoms in total. The van der Waals surface area contributed by atoms with Gasteiger partial charge in [-0.15, -0.1) is 0 Å². The fraction of sp³-hybridized carbons (Fsp3) is 0.300. The summed E-state index contributed by atoms with van der Waals surface area (Å²) < 4.78 is 5.50. The maximum absolute atomic E-state index is 12.3. The highest BCUT2D eigenvalue weighted by atomic mass is 16.5. The number of rotatable bonds is 5. The van der Waals surface area contributed by atoms with Crippen LogP contribution in [-0.4, -0.2) is 36.4 Å². The molecule has 0 bridgehead atoms. The number of para-hydroxylation sites is 2. The lowest BCUT2D eigenvalue weighted by Crippen LogP contribution is -2.43. The van der Waals surface area contributed by atoms with Crippen molar-refractivity contribution in [2.75, 3.05) is 25.0 Å². The molecule has 2 aromatic rings. The van der Waals surface area contributed by atoms with E-state index < -0.39 is 0 Å². The van der Waals surface area contributed by atoms with E-state index in [1.54, 1.807) is 4.90 Å². The number of carbonyl (C=O) groups excluding carboxylic acids is 2. The Morgan fingerprint density at radius 2 is 1.56 bits per heavy atom. The average molecular weight is 338 g/mol. The molecule has 0 unspecified atom stereocenters. The number of likely N-dealkylation sites (tertiary alicyclic amines) is 1. The van der Waals surface area contributed by atoms with Crippen LogP contribution in [0.3, 0.4) is 0 Å². The van der Waals surface area contributed by atoms with Gasteiger partial charge in [0, 0.05) is 24.7 Å². The molecule has 3 rings (SSSR count). The molecule has 0 spiro atoms. The van der Waals surface area contributed by atoms with Crippen molar-refractivity contribution in [1.29, 1.82) is 0 Å². The van der Waals surface area contributed by atoms with E-state index in [9.17, 15) is 9.59 Å². The summed E-state index contributed by atoms with van der Waals surface area (Å²) in [6, 6.07) is 18.7. The minimum atomic E-state index is -0.0562. The standard InChI is InChI=1S/C20H22N2O3/c23-19(15-25-18-9-5-2-6-10-18)22-13-11-16(12-14-22)20(24)21-17-7-3-1-4-8-17/h1-10,16H,11-15H2,(H,21,24). The molecule has 1 N–H and O–H groups in total. The Balaban J connectivity index is 1.43. The first-order chi connectivity index (χ1) is 12.2. The molecule has 1 aliphatic heterocycles. The molecular weight excluding hydrogens is 316 g/mol. The molecule has 2 aromatic carbocycles. The Kier molecular flexibility index (Phi) is 5.67. The molecule has 0 radical (unpaired) electrons. The van der Waals surface area contributed by atoms with Crippen LogP contribution in [0.15, 0.2) is 60.7 Å². The van der Waals surface area contributed by atoms with Gasteiger partial charge in [0.2, 0.25) is 5.91 Å². The van der Waals surface area contributed by atoms with Crippen LogP contribution in [0.2, 0.25) is 0 Å². The average Bonchev–Trinajstić information content (AvgIpc) is 2.68. The van der Waals surface area contributed by atoms with Crippen molar-refractivity contribution in [3.8, 4) is 5.75 Å². The van der Waals surface area contributed by atoms with Gasteiger partial charge in [-0.1, -0.05) is 36.4 Å². The van der Waals surface area contributed by atoms with Gasteiger partial charge in [-0.3, -0.25) is 9.59 Å². The first-order valence-electron chi connectivity index (χ1n) is 8.54. The van der Waals surface area contributed by atoms with E-state index in [2.05, 4.69) is 5.32 Å². The van der Waals surface area contributed by atoms with E-state index in [4.69, 9.17) is 4.74 Å². The van der Waals surface area contributed by atoms with Crippen molar-refractivity contribution in [2.24, 2.45) is 5.92 Å². The molecule has 0 atom stereocenters. The molecule has 1 saturated heterocycles. The molecule has 25 heavy (non-hydrogen) atoms. The zero-order chi connectivity index (χ0) is 17.5. The van der Waals surface area contributed by atoms with Gasteiger partial charge in [0.1, 0.15) is 5.75 Å². The quantitative estimate of drug-likeness (QED) is 0.912. The van der Waals surface area contributed by atoms with Crippen LogP contribution in [0, 0.1) is 5.92 Å². The lowest BCUT2D eigenvalue weighted by Gasteiger charge is -2.31. The number of hydrogen-bond acceptors (Lipinski definition) is 3. The number of amides is 2. The number of anilines is 1. The normalized spacial score (nSPS) is 14.8. The Morgan fingerprint density at radius 3 is 2.20 bits per heavy atom. The van der Waals surface area contributed by atoms with Crippen LogP contribution in [0.25, 0.3) is 0 Å². The Labute approximate surface area is 147 Å². The molecule has 5 heteroatoms. The van der Waals surface area contributed by atoms with Crippen molar-refractivity contribution in [3.05, 3.63) is 60.7 Å². The maximum atomic E-state index is 12.3. The van der Waals surface area contributed by atoms with Crippen LogP contribution in [0.5, 0.6) is 5.75 Å². The van der Waals surface area contributed by atoms with Gasteiger partial charge in [-0.05, 0) is 37.1 Å². The van der Waals surface area contributed by atoms with Gasteiger partial charge < -0.3 is 15.0 Å². The van der Waals surface area contributed by atoms with Gasteiger partial charge in [0.05, 0.1) is 0 Å². The lowest BCUT2D eigenvalue weighted by molar-refractivity contribution is -0.136. The molecule has 130 valence electrons. The van der Waals surface area contributed by atoms with Gasteiger partial charge >= 0.3 is 0 Å². The third-order valence-corrected chi connectivity index (χ3v) is 4.37. The summed E-state index contributed by atoms with van der Waals surface area (Å²) in [6.45, 7) is 1.21. The number of carbonyl (C=O) groups is 2. The summed E-state index contributed by atoms with van der Waals surface area (Å²) in [7, 11) is 0. The summed E-state index contributed by atoms with van der Waals surface area (Å²) in [6.07, 6.45) is 1.35. The molecule has 1 fully saturated rings. The summed E-state index contributed by atoms with van der Waals surface area (Å²) >= 11 is 0. The highest BCUT2D eigenvalue weighted by Gasteiger charge is 2.27. The summed E-state index contributed by atoms with van der Waals surface area (Å²) in [5.41, 5.74) is 0.808. The molecular formula is C20H22N2O3. The number of ether oxygens (including phenoxy) is 1. The second-order valence-electron chi connectivity index (χ2n) is 6.11. The SMILES string of the molecule is O=C(Nc1ccccc1)C1CCN(C(=O)COc2ccccc2)CC1. The summed E-state index contributed by atoms with van der Waals surface area (Å²) in [5, 5.41) is 2.94. The van der Waals surface area contributed by atoms with Crippen LogP contribution in [0.4, 0.5) is 5.69 Å². The molecule has 0 saturated carbocycles. The number of benzene rings is 2. The van der Waals surface area contributed by atoms with E-state index in [0.29, 0.717) is 31.7 Å². The number of nitrogens with one attached hydrogen (secondary N) is 1. The zero-order valence-electron chi connectivity index (χ0n) is 14.1. The summed E-state index contributed by atoms with van der Waals surface area (Å²) in [5.74, 6) is 0.622. The van der Waals surface area contributed by atoms with Crippen LogP contribution < -0.4 is 10.1 Å². The monoisotopic (exact) mass is 338 g/mol.